The largest absolute Gasteiger partial charge is 0.375 e. The van der Waals surface area contributed by atoms with Gasteiger partial charge in [0, 0.05) is 13.1 Å². The van der Waals surface area contributed by atoms with E-state index in [0.717, 1.165) is 25.9 Å². The van der Waals surface area contributed by atoms with Gasteiger partial charge in [0.15, 0.2) is 0 Å². The van der Waals surface area contributed by atoms with Crippen LogP contribution in [0.15, 0.2) is 0 Å². The molecule has 1 atom stereocenters. The summed E-state index contributed by atoms with van der Waals surface area (Å²) in [5, 5.41) is 0. The number of halogens is 1. The molecule has 0 unspecified atom stereocenters. The summed E-state index contributed by atoms with van der Waals surface area (Å²) in [4.78, 5) is 14.1. The molecule has 0 aromatic rings. The lowest BCUT2D eigenvalue weighted by atomic mass is 9.97. The Hall–Kier alpha value is -0.320. The van der Waals surface area contributed by atoms with E-state index >= 15 is 0 Å². The number of amides is 1. The highest BCUT2D eigenvalue weighted by molar-refractivity contribution is 5.85. The van der Waals surface area contributed by atoms with Crippen molar-refractivity contribution < 1.29 is 9.53 Å². The molecule has 2 aliphatic rings. The first-order valence-electron chi connectivity index (χ1n) is 8.27. The predicted molar refractivity (Wildman–Crippen MR) is 87.6 cm³/mol. The standard InChI is InChI=1S/C16H30N2O2.ClH/c1-12(2)15(17)16(19)18-10-8-14(9-11-18)20-13-6-4-3-5-7-13;/h12-15H,3-11,17H2,1-2H3;1H/t15-;/m0./s1. The number of nitrogens with two attached hydrogens (primary N) is 1. The van der Waals surface area contributed by atoms with Crippen LogP contribution in [0, 0.1) is 5.92 Å². The summed E-state index contributed by atoms with van der Waals surface area (Å²) >= 11 is 0. The molecular formula is C16H31ClN2O2. The number of hydrogen-bond donors (Lipinski definition) is 1. The summed E-state index contributed by atoms with van der Waals surface area (Å²) in [5.74, 6) is 0.315. The van der Waals surface area contributed by atoms with Crippen LogP contribution in [0.25, 0.3) is 0 Å². The number of hydrogen-bond acceptors (Lipinski definition) is 3. The number of ether oxygens (including phenoxy) is 1. The van der Waals surface area contributed by atoms with Gasteiger partial charge in [0.25, 0.3) is 0 Å². The Labute approximate surface area is 135 Å². The van der Waals surface area contributed by atoms with Crippen molar-refractivity contribution in [3.05, 3.63) is 0 Å². The van der Waals surface area contributed by atoms with Crippen LogP contribution < -0.4 is 5.73 Å². The van der Waals surface area contributed by atoms with E-state index in [-0.39, 0.29) is 30.3 Å². The second-order valence-electron chi connectivity index (χ2n) is 6.69. The third kappa shape index (κ3) is 5.42. The van der Waals surface area contributed by atoms with Crippen molar-refractivity contribution in [2.45, 2.75) is 77.0 Å². The number of piperidine rings is 1. The van der Waals surface area contributed by atoms with E-state index in [1.54, 1.807) is 0 Å². The van der Waals surface area contributed by atoms with Gasteiger partial charge in [0.05, 0.1) is 18.2 Å². The Bertz CT molecular complexity index is 311. The first-order valence-corrected chi connectivity index (χ1v) is 8.27. The van der Waals surface area contributed by atoms with Crippen molar-refractivity contribution in [3.63, 3.8) is 0 Å². The zero-order valence-corrected chi connectivity index (χ0v) is 14.2. The maximum absolute atomic E-state index is 12.2. The lowest BCUT2D eigenvalue weighted by molar-refractivity contribution is -0.137. The summed E-state index contributed by atoms with van der Waals surface area (Å²) in [7, 11) is 0. The van der Waals surface area contributed by atoms with Crippen LogP contribution >= 0.6 is 12.4 Å². The van der Waals surface area contributed by atoms with Crippen molar-refractivity contribution in [3.8, 4) is 0 Å². The zero-order chi connectivity index (χ0) is 14.5. The molecular weight excluding hydrogens is 288 g/mol. The zero-order valence-electron chi connectivity index (χ0n) is 13.4. The monoisotopic (exact) mass is 318 g/mol. The van der Waals surface area contributed by atoms with Crippen LogP contribution in [0.4, 0.5) is 0 Å². The third-order valence-electron chi connectivity index (χ3n) is 4.69. The Morgan fingerprint density at radius 1 is 1.05 bits per heavy atom. The fourth-order valence-electron chi connectivity index (χ4n) is 3.18. The van der Waals surface area contributed by atoms with Crippen molar-refractivity contribution in [2.24, 2.45) is 11.7 Å². The van der Waals surface area contributed by atoms with E-state index in [9.17, 15) is 4.79 Å². The molecule has 0 bridgehead atoms. The van der Waals surface area contributed by atoms with Gasteiger partial charge in [-0.25, -0.2) is 0 Å². The van der Waals surface area contributed by atoms with Gasteiger partial charge in [0.1, 0.15) is 0 Å². The molecule has 5 heteroatoms. The molecule has 2 fully saturated rings. The summed E-state index contributed by atoms with van der Waals surface area (Å²) in [5.41, 5.74) is 5.95. The van der Waals surface area contributed by atoms with Crippen molar-refractivity contribution >= 4 is 18.3 Å². The third-order valence-corrected chi connectivity index (χ3v) is 4.69. The van der Waals surface area contributed by atoms with Crippen LogP contribution in [0.3, 0.4) is 0 Å². The Morgan fingerprint density at radius 3 is 2.10 bits per heavy atom. The summed E-state index contributed by atoms with van der Waals surface area (Å²) < 4.78 is 6.20. The minimum Gasteiger partial charge on any atom is -0.375 e. The lowest BCUT2D eigenvalue weighted by Crippen LogP contribution is -2.50. The normalized spacial score (nSPS) is 23.0. The second kappa shape index (κ2) is 8.96. The summed E-state index contributed by atoms with van der Waals surface area (Å²) in [6.07, 6.45) is 9.16. The Kier molecular flexibility index (Phi) is 7.99. The number of likely N-dealkylation sites (tertiary alicyclic amines) is 1. The van der Waals surface area contributed by atoms with Crippen molar-refractivity contribution in [1.29, 1.82) is 0 Å². The summed E-state index contributed by atoms with van der Waals surface area (Å²) in [6.45, 7) is 5.61. The van der Waals surface area contributed by atoms with Gasteiger partial charge < -0.3 is 15.4 Å². The number of nitrogens with zero attached hydrogens (tertiary/aromatic N) is 1. The first-order chi connectivity index (χ1) is 9.58. The summed E-state index contributed by atoms with van der Waals surface area (Å²) in [6, 6.07) is -0.356. The van der Waals surface area contributed by atoms with Crippen LogP contribution in [0.2, 0.25) is 0 Å². The number of carbonyl (C=O) groups excluding carboxylic acids is 1. The average Bonchev–Trinajstić information content (AvgIpc) is 2.47. The molecule has 2 N–H and O–H groups in total. The molecule has 0 aromatic heterocycles. The van der Waals surface area contributed by atoms with Crippen LogP contribution in [-0.2, 0) is 9.53 Å². The molecule has 1 amide bonds. The fourth-order valence-corrected chi connectivity index (χ4v) is 3.18. The fraction of sp³-hybridized carbons (Fsp3) is 0.938. The van der Waals surface area contributed by atoms with E-state index in [2.05, 4.69) is 0 Å². The van der Waals surface area contributed by atoms with Gasteiger partial charge in [-0.15, -0.1) is 12.4 Å². The predicted octanol–water partition coefficient (Wildman–Crippen LogP) is 2.73. The van der Waals surface area contributed by atoms with Crippen molar-refractivity contribution in [1.82, 2.24) is 4.90 Å². The maximum Gasteiger partial charge on any atom is 0.239 e. The van der Waals surface area contributed by atoms with Crippen LogP contribution in [0.5, 0.6) is 0 Å². The van der Waals surface area contributed by atoms with Crippen LogP contribution in [-0.4, -0.2) is 42.1 Å². The Balaban J connectivity index is 0.00000220. The van der Waals surface area contributed by atoms with Gasteiger partial charge >= 0.3 is 0 Å². The molecule has 2 rings (SSSR count). The van der Waals surface area contributed by atoms with Gasteiger partial charge in [0.2, 0.25) is 5.91 Å². The number of carbonyl (C=O) groups is 1. The molecule has 1 heterocycles. The molecule has 1 aliphatic heterocycles. The molecule has 124 valence electrons. The smallest absolute Gasteiger partial charge is 0.239 e. The van der Waals surface area contributed by atoms with E-state index in [0.29, 0.717) is 12.2 Å². The molecule has 0 aromatic carbocycles. The molecule has 1 saturated carbocycles. The van der Waals surface area contributed by atoms with E-state index < -0.39 is 0 Å². The van der Waals surface area contributed by atoms with Gasteiger partial charge in [-0.3, -0.25) is 4.79 Å². The molecule has 1 aliphatic carbocycles. The SMILES string of the molecule is CC(C)[C@H](N)C(=O)N1CCC(OC2CCCCC2)CC1.Cl. The van der Waals surface area contributed by atoms with Crippen molar-refractivity contribution in [2.75, 3.05) is 13.1 Å². The van der Waals surface area contributed by atoms with Crippen LogP contribution in [0.1, 0.15) is 58.8 Å². The average molecular weight is 319 g/mol. The molecule has 0 radical (unpaired) electrons. The highest BCUT2D eigenvalue weighted by atomic mass is 35.5. The van der Waals surface area contributed by atoms with Gasteiger partial charge in [-0.2, -0.15) is 0 Å². The Morgan fingerprint density at radius 2 is 1.57 bits per heavy atom. The van der Waals surface area contributed by atoms with Gasteiger partial charge in [-0.05, 0) is 31.6 Å². The topological polar surface area (TPSA) is 55.6 Å². The lowest BCUT2D eigenvalue weighted by Gasteiger charge is -2.36. The minimum absolute atomic E-state index is 0. The van der Waals surface area contributed by atoms with E-state index in [4.69, 9.17) is 10.5 Å². The van der Waals surface area contributed by atoms with E-state index in [1.165, 1.54) is 32.1 Å². The molecule has 1 saturated heterocycles. The maximum atomic E-state index is 12.2. The highest BCUT2D eigenvalue weighted by Gasteiger charge is 2.29. The first kappa shape index (κ1) is 18.7. The highest BCUT2D eigenvalue weighted by Crippen LogP contribution is 2.25. The molecule has 21 heavy (non-hydrogen) atoms. The number of rotatable bonds is 4. The molecule has 4 nitrogen and oxygen atoms in total. The molecule has 0 spiro atoms. The minimum atomic E-state index is -0.356. The van der Waals surface area contributed by atoms with Gasteiger partial charge in [-0.1, -0.05) is 33.1 Å². The second-order valence-corrected chi connectivity index (χ2v) is 6.69. The van der Waals surface area contributed by atoms with E-state index in [1.807, 2.05) is 18.7 Å². The quantitative estimate of drug-likeness (QED) is 0.867.